The number of rotatable bonds is 8. The van der Waals surface area contributed by atoms with Crippen LogP contribution >= 0.6 is 0 Å². The van der Waals surface area contributed by atoms with Crippen molar-refractivity contribution < 1.29 is 33.3 Å². The first-order chi connectivity index (χ1) is 16.8. The Balaban J connectivity index is 1.50. The summed E-state index contributed by atoms with van der Waals surface area (Å²) >= 11 is 0. The number of hydrogen-bond donors (Lipinski definition) is 2. The summed E-state index contributed by atoms with van der Waals surface area (Å²) in [5.41, 5.74) is 2.29. The van der Waals surface area contributed by atoms with Crippen LogP contribution in [0.2, 0.25) is 0 Å². The van der Waals surface area contributed by atoms with E-state index in [0.717, 1.165) is 11.1 Å². The molecule has 4 rings (SSSR count). The molecule has 182 valence electrons. The van der Waals surface area contributed by atoms with Gasteiger partial charge >= 0.3 is 6.16 Å². The molecule has 0 saturated heterocycles. The highest BCUT2D eigenvalue weighted by atomic mass is 19.1. The Morgan fingerprint density at radius 3 is 2.57 bits per heavy atom. The van der Waals surface area contributed by atoms with Crippen LogP contribution in [-0.4, -0.2) is 36.6 Å². The Hall–Kier alpha value is -4.07. The molecule has 1 aliphatic rings. The number of benzene rings is 3. The van der Waals surface area contributed by atoms with Gasteiger partial charge in [0.15, 0.2) is 17.2 Å². The van der Waals surface area contributed by atoms with Gasteiger partial charge in [0.2, 0.25) is 0 Å². The van der Waals surface area contributed by atoms with Gasteiger partial charge in [0.25, 0.3) is 5.91 Å². The SMILES string of the molecule is COc1ccc(C(=O)NC2(OC(=O)O)Cc3ccc(F)cc3C2)cc1OCCc1cccc(C)c1. The smallest absolute Gasteiger partial charge is 0.493 e. The van der Waals surface area contributed by atoms with Gasteiger partial charge in [-0.25, -0.2) is 9.18 Å². The molecule has 2 N–H and O–H groups in total. The van der Waals surface area contributed by atoms with Gasteiger partial charge in [0.05, 0.1) is 13.7 Å². The van der Waals surface area contributed by atoms with Crippen LogP contribution in [0, 0.1) is 12.7 Å². The molecule has 7 nitrogen and oxygen atoms in total. The first kappa shape index (κ1) is 24.1. The Morgan fingerprint density at radius 1 is 1.03 bits per heavy atom. The predicted molar refractivity (Wildman–Crippen MR) is 126 cm³/mol. The molecule has 0 aliphatic heterocycles. The van der Waals surface area contributed by atoms with E-state index in [1.165, 1.54) is 19.2 Å². The Labute approximate surface area is 202 Å². The van der Waals surface area contributed by atoms with Crippen molar-refractivity contribution in [3.63, 3.8) is 0 Å². The van der Waals surface area contributed by atoms with E-state index in [1.54, 1.807) is 24.3 Å². The minimum Gasteiger partial charge on any atom is -0.493 e. The molecule has 1 aliphatic carbocycles. The number of aryl methyl sites for hydroxylation is 1. The van der Waals surface area contributed by atoms with Crippen LogP contribution in [0.5, 0.6) is 11.5 Å². The van der Waals surface area contributed by atoms with Crippen molar-refractivity contribution in [1.29, 1.82) is 0 Å². The first-order valence-electron chi connectivity index (χ1n) is 11.1. The zero-order chi connectivity index (χ0) is 25.0. The summed E-state index contributed by atoms with van der Waals surface area (Å²) in [5, 5.41) is 12.0. The minimum absolute atomic E-state index is 0.0220. The molecule has 35 heavy (non-hydrogen) atoms. The fourth-order valence-electron chi connectivity index (χ4n) is 4.32. The molecule has 3 aromatic rings. The van der Waals surface area contributed by atoms with E-state index in [2.05, 4.69) is 11.4 Å². The van der Waals surface area contributed by atoms with E-state index >= 15 is 0 Å². The van der Waals surface area contributed by atoms with E-state index in [1.807, 2.05) is 25.1 Å². The van der Waals surface area contributed by atoms with Crippen molar-refractivity contribution in [2.24, 2.45) is 0 Å². The van der Waals surface area contributed by atoms with Crippen LogP contribution in [0.3, 0.4) is 0 Å². The summed E-state index contributed by atoms with van der Waals surface area (Å²) in [4.78, 5) is 24.5. The fourth-order valence-corrected chi connectivity index (χ4v) is 4.32. The summed E-state index contributed by atoms with van der Waals surface area (Å²) in [6.07, 6.45) is -0.746. The second-order valence-corrected chi connectivity index (χ2v) is 8.54. The zero-order valence-electron chi connectivity index (χ0n) is 19.5. The van der Waals surface area contributed by atoms with Gasteiger partial charge in [-0.05, 0) is 53.9 Å². The van der Waals surface area contributed by atoms with Crippen LogP contribution in [-0.2, 0) is 24.0 Å². The van der Waals surface area contributed by atoms with Gasteiger partial charge in [-0.1, -0.05) is 35.9 Å². The fraction of sp³-hybridized carbons (Fsp3) is 0.259. The van der Waals surface area contributed by atoms with E-state index < -0.39 is 23.6 Å². The van der Waals surface area contributed by atoms with Crippen molar-refractivity contribution in [3.05, 3.63) is 94.3 Å². The van der Waals surface area contributed by atoms with Gasteiger partial charge in [-0.2, -0.15) is 0 Å². The molecule has 0 fully saturated rings. The molecule has 1 amide bonds. The highest BCUT2D eigenvalue weighted by Gasteiger charge is 2.43. The average Bonchev–Trinajstić information content (AvgIpc) is 3.14. The largest absolute Gasteiger partial charge is 0.507 e. The monoisotopic (exact) mass is 479 g/mol. The average molecular weight is 480 g/mol. The summed E-state index contributed by atoms with van der Waals surface area (Å²) in [6.45, 7) is 2.40. The summed E-state index contributed by atoms with van der Waals surface area (Å²) in [5.74, 6) is -0.140. The molecule has 0 spiro atoms. The van der Waals surface area contributed by atoms with Crippen molar-refractivity contribution >= 4 is 12.1 Å². The lowest BCUT2D eigenvalue weighted by molar-refractivity contribution is -0.0299. The van der Waals surface area contributed by atoms with Gasteiger partial charge in [0, 0.05) is 24.8 Å². The van der Waals surface area contributed by atoms with Gasteiger partial charge in [-0.15, -0.1) is 0 Å². The number of ether oxygens (including phenoxy) is 3. The Morgan fingerprint density at radius 2 is 1.83 bits per heavy atom. The maximum absolute atomic E-state index is 13.7. The minimum atomic E-state index is -1.54. The summed E-state index contributed by atoms with van der Waals surface area (Å²) < 4.78 is 30.1. The van der Waals surface area contributed by atoms with E-state index in [9.17, 15) is 19.1 Å². The lowest BCUT2D eigenvalue weighted by Crippen LogP contribution is -2.52. The normalized spacial score (nSPS) is 16.3. The van der Waals surface area contributed by atoms with Crippen molar-refractivity contribution in [2.45, 2.75) is 31.9 Å². The number of carbonyl (C=O) groups is 2. The van der Waals surface area contributed by atoms with Gasteiger partial charge in [0.1, 0.15) is 5.82 Å². The number of methoxy groups -OCH3 is 1. The van der Waals surface area contributed by atoms with Crippen molar-refractivity contribution in [1.82, 2.24) is 5.32 Å². The first-order valence-corrected chi connectivity index (χ1v) is 11.1. The van der Waals surface area contributed by atoms with Gasteiger partial charge in [-0.3, -0.25) is 4.79 Å². The van der Waals surface area contributed by atoms with Crippen LogP contribution in [0.15, 0.2) is 60.7 Å². The number of hydrogen-bond acceptors (Lipinski definition) is 5. The number of carboxylic acid groups (broad SMARTS) is 1. The van der Waals surface area contributed by atoms with E-state index in [-0.39, 0.29) is 18.4 Å². The predicted octanol–water partition coefficient (Wildman–Crippen LogP) is 4.68. The zero-order valence-corrected chi connectivity index (χ0v) is 19.5. The van der Waals surface area contributed by atoms with Crippen LogP contribution in [0.1, 0.15) is 32.6 Å². The molecular weight excluding hydrogens is 453 g/mol. The highest BCUT2D eigenvalue weighted by molar-refractivity contribution is 5.95. The third-order valence-electron chi connectivity index (χ3n) is 5.90. The quantitative estimate of drug-likeness (QED) is 0.360. The summed E-state index contributed by atoms with van der Waals surface area (Å²) in [6, 6.07) is 17.0. The lowest BCUT2D eigenvalue weighted by Gasteiger charge is -2.28. The van der Waals surface area contributed by atoms with Gasteiger partial charge < -0.3 is 24.6 Å². The summed E-state index contributed by atoms with van der Waals surface area (Å²) in [7, 11) is 1.51. The number of amides is 1. The molecule has 0 bridgehead atoms. The molecule has 1 unspecified atom stereocenters. The highest BCUT2D eigenvalue weighted by Crippen LogP contribution is 2.33. The third-order valence-corrected chi connectivity index (χ3v) is 5.90. The number of halogens is 1. The topological polar surface area (TPSA) is 94.1 Å². The standard InChI is InChI=1S/C27H26FNO6/c1-17-4-3-5-18(12-17)10-11-34-24-14-19(7-9-23(24)33-2)25(30)29-27(35-26(31)32)15-20-6-8-22(28)13-21(20)16-27/h3-9,12-14H,10-11,15-16H2,1-2H3,(H,29,30)(H,31,32). The Bertz CT molecular complexity index is 1260. The van der Waals surface area contributed by atoms with E-state index in [4.69, 9.17) is 14.2 Å². The van der Waals surface area contributed by atoms with Crippen molar-refractivity contribution in [2.75, 3.05) is 13.7 Å². The number of carbonyl (C=O) groups excluding carboxylic acids is 1. The number of fused-ring (bicyclic) bond motifs is 1. The second-order valence-electron chi connectivity index (χ2n) is 8.54. The van der Waals surface area contributed by atoms with E-state index in [0.29, 0.717) is 35.7 Å². The van der Waals surface area contributed by atoms with Crippen LogP contribution < -0.4 is 14.8 Å². The molecule has 0 saturated carbocycles. The molecule has 0 radical (unpaired) electrons. The molecule has 8 heteroatoms. The number of nitrogens with one attached hydrogen (secondary N) is 1. The molecule has 3 aromatic carbocycles. The molecular formula is C27H26FNO6. The third kappa shape index (κ3) is 5.71. The molecule has 1 atom stereocenters. The van der Waals surface area contributed by atoms with Crippen LogP contribution in [0.25, 0.3) is 0 Å². The second kappa shape index (κ2) is 10.0. The molecule has 0 aromatic heterocycles. The lowest BCUT2D eigenvalue weighted by atomic mass is 10.1. The van der Waals surface area contributed by atoms with Crippen LogP contribution in [0.4, 0.5) is 9.18 Å². The van der Waals surface area contributed by atoms with Crippen molar-refractivity contribution in [3.8, 4) is 11.5 Å². The maximum atomic E-state index is 13.7. The molecule has 0 heterocycles. The maximum Gasteiger partial charge on any atom is 0.507 e. The Kier molecular flexibility index (Phi) is 6.91.